The van der Waals surface area contributed by atoms with E-state index in [0.717, 1.165) is 23.3 Å². The van der Waals surface area contributed by atoms with E-state index in [1.165, 1.54) is 0 Å². The molecule has 3 amide bonds. The zero-order valence-electron chi connectivity index (χ0n) is 16.0. The molecule has 0 saturated heterocycles. The van der Waals surface area contributed by atoms with Gasteiger partial charge < -0.3 is 20.7 Å². The van der Waals surface area contributed by atoms with Crippen molar-refractivity contribution in [1.82, 2.24) is 16.0 Å². The van der Waals surface area contributed by atoms with Gasteiger partial charge in [-0.1, -0.05) is 36.8 Å². The Bertz CT molecular complexity index is 742. The summed E-state index contributed by atoms with van der Waals surface area (Å²) in [4.78, 5) is 24.1. The summed E-state index contributed by atoms with van der Waals surface area (Å²) in [5, 5.41) is 8.50. The van der Waals surface area contributed by atoms with Crippen molar-refractivity contribution >= 4 is 11.9 Å². The second kappa shape index (κ2) is 10.2. The van der Waals surface area contributed by atoms with Crippen molar-refractivity contribution in [3.8, 4) is 5.75 Å². The highest BCUT2D eigenvalue weighted by molar-refractivity contribution is 5.94. The maximum atomic E-state index is 12.1. The zero-order valence-corrected chi connectivity index (χ0v) is 16.0. The first kappa shape index (κ1) is 20.3. The Labute approximate surface area is 160 Å². The molecule has 2 aromatic carbocycles. The monoisotopic (exact) mass is 369 g/mol. The number of aryl methyl sites for hydroxylation is 1. The number of urea groups is 1. The molecule has 3 N–H and O–H groups in total. The Balaban J connectivity index is 1.74. The fourth-order valence-corrected chi connectivity index (χ4v) is 2.63. The Morgan fingerprint density at radius 3 is 2.19 bits per heavy atom. The van der Waals surface area contributed by atoms with Crippen LogP contribution in [0.5, 0.6) is 5.75 Å². The number of rotatable bonds is 8. The van der Waals surface area contributed by atoms with Crippen LogP contribution in [0.25, 0.3) is 0 Å². The molecule has 0 aliphatic rings. The molecule has 0 spiro atoms. The van der Waals surface area contributed by atoms with Gasteiger partial charge in [-0.15, -0.1) is 0 Å². The number of amides is 3. The van der Waals surface area contributed by atoms with E-state index in [4.69, 9.17) is 4.74 Å². The highest BCUT2D eigenvalue weighted by Gasteiger charge is 2.12. The van der Waals surface area contributed by atoms with Gasteiger partial charge in [-0.25, -0.2) is 4.79 Å². The lowest BCUT2D eigenvalue weighted by Gasteiger charge is -2.18. The number of hydrogen-bond acceptors (Lipinski definition) is 3. The number of methoxy groups -OCH3 is 1. The molecule has 0 bridgehead atoms. The topological polar surface area (TPSA) is 79.5 Å². The molecule has 0 aromatic heterocycles. The molecule has 0 heterocycles. The summed E-state index contributed by atoms with van der Waals surface area (Å²) in [5.41, 5.74) is 2.73. The van der Waals surface area contributed by atoms with Crippen LogP contribution in [0.2, 0.25) is 0 Å². The van der Waals surface area contributed by atoms with Crippen LogP contribution >= 0.6 is 0 Å². The smallest absolute Gasteiger partial charge is 0.315 e. The molecule has 2 aromatic rings. The Morgan fingerprint density at radius 1 is 0.963 bits per heavy atom. The average molecular weight is 369 g/mol. The molecule has 0 aliphatic heterocycles. The Kier molecular flexibility index (Phi) is 7.67. The molecule has 2 rings (SSSR count). The first-order valence-electron chi connectivity index (χ1n) is 9.06. The van der Waals surface area contributed by atoms with Crippen molar-refractivity contribution in [2.75, 3.05) is 20.2 Å². The molecule has 1 atom stereocenters. The van der Waals surface area contributed by atoms with Crippen LogP contribution in [0.4, 0.5) is 4.79 Å². The van der Waals surface area contributed by atoms with Gasteiger partial charge in [0.25, 0.3) is 5.91 Å². The van der Waals surface area contributed by atoms with Crippen LogP contribution in [-0.2, 0) is 0 Å². The highest BCUT2D eigenvalue weighted by atomic mass is 16.5. The van der Waals surface area contributed by atoms with Gasteiger partial charge in [0.15, 0.2) is 0 Å². The van der Waals surface area contributed by atoms with Crippen molar-refractivity contribution in [3.05, 3.63) is 65.2 Å². The van der Waals surface area contributed by atoms with Crippen molar-refractivity contribution in [2.45, 2.75) is 26.3 Å². The SMILES string of the molecule is CCC(NC(=O)NCCNC(=O)c1ccc(C)cc1)c1ccc(OC)cc1. The van der Waals surface area contributed by atoms with E-state index in [1.54, 1.807) is 19.2 Å². The lowest BCUT2D eigenvalue weighted by molar-refractivity contribution is 0.0954. The standard InChI is InChI=1S/C21H27N3O3/c1-4-19(16-9-11-18(27-3)12-10-16)24-21(26)23-14-13-22-20(25)17-7-5-15(2)6-8-17/h5-12,19H,4,13-14H2,1-3H3,(H,22,25)(H2,23,24,26). The number of benzene rings is 2. The summed E-state index contributed by atoms with van der Waals surface area (Å²) in [7, 11) is 1.62. The summed E-state index contributed by atoms with van der Waals surface area (Å²) >= 11 is 0. The van der Waals surface area contributed by atoms with E-state index in [9.17, 15) is 9.59 Å². The Morgan fingerprint density at radius 2 is 1.59 bits per heavy atom. The van der Waals surface area contributed by atoms with Gasteiger partial charge in [-0.05, 0) is 43.2 Å². The fourth-order valence-electron chi connectivity index (χ4n) is 2.63. The van der Waals surface area contributed by atoms with Crippen molar-refractivity contribution < 1.29 is 14.3 Å². The second-order valence-electron chi connectivity index (χ2n) is 6.26. The van der Waals surface area contributed by atoms with E-state index in [2.05, 4.69) is 16.0 Å². The second-order valence-corrected chi connectivity index (χ2v) is 6.26. The van der Waals surface area contributed by atoms with Crippen molar-refractivity contribution in [3.63, 3.8) is 0 Å². The summed E-state index contributed by atoms with van der Waals surface area (Å²) in [5.74, 6) is 0.629. The number of nitrogens with one attached hydrogen (secondary N) is 3. The third-order valence-electron chi connectivity index (χ3n) is 4.24. The van der Waals surface area contributed by atoms with E-state index in [1.807, 2.05) is 50.2 Å². The molecule has 27 heavy (non-hydrogen) atoms. The quantitative estimate of drug-likeness (QED) is 0.625. The largest absolute Gasteiger partial charge is 0.497 e. The van der Waals surface area contributed by atoms with Crippen LogP contribution in [0.1, 0.15) is 40.9 Å². The van der Waals surface area contributed by atoms with Crippen LogP contribution in [0, 0.1) is 6.92 Å². The van der Waals surface area contributed by atoms with Crippen LogP contribution in [-0.4, -0.2) is 32.1 Å². The first-order chi connectivity index (χ1) is 13.0. The normalized spacial score (nSPS) is 11.4. The maximum absolute atomic E-state index is 12.1. The molecule has 0 radical (unpaired) electrons. The van der Waals surface area contributed by atoms with Gasteiger partial charge in [-0.3, -0.25) is 4.79 Å². The minimum Gasteiger partial charge on any atom is -0.497 e. The molecule has 0 aliphatic carbocycles. The molecule has 1 unspecified atom stereocenters. The highest BCUT2D eigenvalue weighted by Crippen LogP contribution is 2.19. The Hall–Kier alpha value is -3.02. The van der Waals surface area contributed by atoms with Crippen LogP contribution < -0.4 is 20.7 Å². The summed E-state index contributed by atoms with van der Waals surface area (Å²) in [6.45, 7) is 4.69. The lowest BCUT2D eigenvalue weighted by atomic mass is 10.0. The van der Waals surface area contributed by atoms with Crippen molar-refractivity contribution in [2.24, 2.45) is 0 Å². The van der Waals surface area contributed by atoms with Gasteiger partial charge in [0.05, 0.1) is 13.2 Å². The number of hydrogen-bond donors (Lipinski definition) is 3. The van der Waals surface area contributed by atoms with Crippen LogP contribution in [0.15, 0.2) is 48.5 Å². The predicted octanol–water partition coefficient (Wildman–Crippen LogP) is 3.18. The van der Waals surface area contributed by atoms with Gasteiger partial charge in [0.2, 0.25) is 0 Å². The third-order valence-corrected chi connectivity index (χ3v) is 4.24. The zero-order chi connectivity index (χ0) is 19.6. The summed E-state index contributed by atoms with van der Waals surface area (Å²) in [6.07, 6.45) is 0.768. The van der Waals surface area contributed by atoms with Crippen LogP contribution in [0.3, 0.4) is 0 Å². The minimum atomic E-state index is -0.262. The van der Waals surface area contributed by atoms with Gasteiger partial charge in [-0.2, -0.15) is 0 Å². The molecular formula is C21H27N3O3. The fraction of sp³-hybridized carbons (Fsp3) is 0.333. The van der Waals surface area contributed by atoms with E-state index in [0.29, 0.717) is 18.7 Å². The lowest BCUT2D eigenvalue weighted by Crippen LogP contribution is -2.41. The van der Waals surface area contributed by atoms with Gasteiger partial charge in [0, 0.05) is 18.7 Å². The summed E-state index contributed by atoms with van der Waals surface area (Å²) < 4.78 is 5.15. The van der Waals surface area contributed by atoms with Gasteiger partial charge >= 0.3 is 6.03 Å². The van der Waals surface area contributed by atoms with E-state index in [-0.39, 0.29) is 18.0 Å². The third kappa shape index (κ3) is 6.33. The number of carbonyl (C=O) groups excluding carboxylic acids is 2. The molecule has 6 heteroatoms. The minimum absolute atomic E-state index is 0.0851. The molecule has 0 saturated carbocycles. The van der Waals surface area contributed by atoms with E-state index >= 15 is 0 Å². The van der Waals surface area contributed by atoms with Crippen molar-refractivity contribution in [1.29, 1.82) is 0 Å². The predicted molar refractivity (Wildman–Crippen MR) is 106 cm³/mol. The maximum Gasteiger partial charge on any atom is 0.315 e. The average Bonchev–Trinajstić information content (AvgIpc) is 2.70. The van der Waals surface area contributed by atoms with E-state index < -0.39 is 0 Å². The number of carbonyl (C=O) groups is 2. The molecule has 0 fully saturated rings. The number of ether oxygens (including phenoxy) is 1. The molecule has 144 valence electrons. The summed E-state index contributed by atoms with van der Waals surface area (Å²) in [6, 6.07) is 14.6. The van der Waals surface area contributed by atoms with Gasteiger partial charge in [0.1, 0.15) is 5.75 Å². The molecule has 6 nitrogen and oxygen atoms in total. The first-order valence-corrected chi connectivity index (χ1v) is 9.06. The molecular weight excluding hydrogens is 342 g/mol.